The van der Waals surface area contributed by atoms with Crippen LogP contribution in [0.25, 0.3) is 0 Å². The molecule has 3 amide bonds. The van der Waals surface area contributed by atoms with E-state index in [1.54, 1.807) is 30.5 Å². The molecule has 1 aliphatic carbocycles. The van der Waals surface area contributed by atoms with E-state index in [4.69, 9.17) is 4.42 Å². The number of carbonyl (C=O) groups excluding carboxylic acids is 3. The van der Waals surface area contributed by atoms with Crippen molar-refractivity contribution < 1.29 is 18.8 Å². The quantitative estimate of drug-likeness (QED) is 0.322. The maximum absolute atomic E-state index is 13.9. The van der Waals surface area contributed by atoms with Crippen molar-refractivity contribution in [1.29, 1.82) is 0 Å². The Morgan fingerprint density at radius 2 is 1.79 bits per heavy atom. The first-order valence-corrected chi connectivity index (χ1v) is 13.5. The molecule has 2 aromatic heterocycles. The van der Waals surface area contributed by atoms with Crippen molar-refractivity contribution in [2.75, 3.05) is 11.4 Å². The van der Waals surface area contributed by atoms with Gasteiger partial charge in [0.2, 0.25) is 11.8 Å². The molecule has 2 aromatic carbocycles. The minimum absolute atomic E-state index is 0.190. The van der Waals surface area contributed by atoms with Gasteiger partial charge < -0.3 is 15.1 Å². The molecule has 0 unspecified atom stereocenters. The minimum atomic E-state index is -0.948. The molecule has 7 nitrogen and oxygen atoms in total. The average molecular weight is 528 g/mol. The zero-order valence-corrected chi connectivity index (χ0v) is 21.9. The summed E-state index contributed by atoms with van der Waals surface area (Å²) in [5, 5.41) is 7.47. The number of aryl methyl sites for hydroxylation is 3. The van der Waals surface area contributed by atoms with Crippen LogP contribution in [0.4, 0.5) is 5.69 Å². The predicted molar refractivity (Wildman–Crippen MR) is 147 cm³/mol. The van der Waals surface area contributed by atoms with Crippen LogP contribution in [-0.4, -0.2) is 24.3 Å². The Hall–Kier alpha value is -4.17. The molecule has 2 heterocycles. The highest BCUT2D eigenvalue weighted by atomic mass is 32.1. The molecule has 38 heavy (non-hydrogen) atoms. The predicted octanol–water partition coefficient (Wildman–Crippen LogP) is 4.96. The largest absolute Gasteiger partial charge is 0.467 e. The third-order valence-electron chi connectivity index (χ3n) is 6.69. The highest BCUT2D eigenvalue weighted by molar-refractivity contribution is 7.12. The van der Waals surface area contributed by atoms with Gasteiger partial charge >= 0.3 is 0 Å². The summed E-state index contributed by atoms with van der Waals surface area (Å²) in [6.07, 6.45) is 4.55. The normalized spacial score (nSPS) is 13.0. The number of furan rings is 1. The monoisotopic (exact) mass is 527 g/mol. The second kappa shape index (κ2) is 11.5. The van der Waals surface area contributed by atoms with Crippen LogP contribution in [0.1, 0.15) is 50.1 Å². The van der Waals surface area contributed by atoms with Gasteiger partial charge in [0, 0.05) is 5.69 Å². The van der Waals surface area contributed by atoms with E-state index >= 15 is 0 Å². The zero-order valence-electron chi connectivity index (χ0n) is 21.1. The summed E-state index contributed by atoms with van der Waals surface area (Å²) in [5.41, 5.74) is 4.79. The first-order valence-electron chi connectivity index (χ1n) is 12.6. The molecule has 1 atom stereocenters. The summed E-state index contributed by atoms with van der Waals surface area (Å²) < 4.78 is 5.39. The van der Waals surface area contributed by atoms with Crippen LogP contribution in [0, 0.1) is 6.92 Å². The minimum Gasteiger partial charge on any atom is -0.467 e. The molecule has 4 aromatic rings. The van der Waals surface area contributed by atoms with Gasteiger partial charge in [-0.15, -0.1) is 11.3 Å². The molecule has 0 aliphatic heterocycles. The lowest BCUT2D eigenvalue weighted by atomic mass is 10.0. The molecule has 0 saturated carbocycles. The maximum Gasteiger partial charge on any atom is 0.261 e. The van der Waals surface area contributed by atoms with Crippen LogP contribution in [0.5, 0.6) is 0 Å². The Kier molecular flexibility index (Phi) is 7.70. The second-order valence-corrected chi connectivity index (χ2v) is 10.3. The third-order valence-corrected chi connectivity index (χ3v) is 7.56. The highest BCUT2D eigenvalue weighted by Crippen LogP contribution is 2.32. The average Bonchev–Trinajstić information content (AvgIpc) is 3.72. The van der Waals surface area contributed by atoms with E-state index in [-0.39, 0.29) is 30.8 Å². The molecule has 2 N–H and O–H groups in total. The third kappa shape index (κ3) is 5.70. The molecule has 0 fully saturated rings. The van der Waals surface area contributed by atoms with Crippen LogP contribution in [-0.2, 0) is 29.0 Å². The molecular weight excluding hydrogens is 498 g/mol. The molecule has 0 saturated heterocycles. The molecule has 1 aliphatic rings. The van der Waals surface area contributed by atoms with E-state index in [9.17, 15) is 14.4 Å². The van der Waals surface area contributed by atoms with E-state index in [2.05, 4.69) is 10.6 Å². The van der Waals surface area contributed by atoms with Gasteiger partial charge in [-0.25, -0.2) is 0 Å². The number of hydrogen-bond acceptors (Lipinski definition) is 5. The Morgan fingerprint density at radius 1 is 0.974 bits per heavy atom. The number of hydrogen-bond donors (Lipinski definition) is 2. The number of thiophene rings is 1. The fourth-order valence-corrected chi connectivity index (χ4v) is 5.37. The summed E-state index contributed by atoms with van der Waals surface area (Å²) in [4.78, 5) is 42.3. The Labute approximate surface area is 225 Å². The van der Waals surface area contributed by atoms with Gasteiger partial charge in [0.1, 0.15) is 11.8 Å². The van der Waals surface area contributed by atoms with Gasteiger partial charge in [0.25, 0.3) is 5.91 Å². The van der Waals surface area contributed by atoms with Crippen molar-refractivity contribution in [2.24, 2.45) is 0 Å². The number of fused-ring (bicyclic) bond motifs is 1. The fraction of sp³-hybridized carbons (Fsp3) is 0.233. The van der Waals surface area contributed by atoms with E-state index in [1.807, 2.05) is 54.8 Å². The van der Waals surface area contributed by atoms with Crippen LogP contribution < -0.4 is 15.5 Å². The first kappa shape index (κ1) is 25.5. The number of benzene rings is 2. The Morgan fingerprint density at radius 3 is 2.53 bits per heavy atom. The summed E-state index contributed by atoms with van der Waals surface area (Å²) in [7, 11) is 0. The van der Waals surface area contributed by atoms with Crippen LogP contribution in [0.3, 0.4) is 0 Å². The summed E-state index contributed by atoms with van der Waals surface area (Å²) in [6, 6.07) is 19.6. The number of anilines is 1. The summed E-state index contributed by atoms with van der Waals surface area (Å²) in [6.45, 7) is 1.91. The SMILES string of the molecule is Cc1ccc([C@H](C(=O)NCc2ccco2)N(C(=O)CNC(=O)c2cccs2)c2ccc3c(c2)CCC3)cc1. The molecular formula is C30H29N3O4S. The molecule has 194 valence electrons. The van der Waals surface area contributed by atoms with Gasteiger partial charge in [0.05, 0.1) is 24.2 Å². The van der Waals surface area contributed by atoms with Crippen LogP contribution >= 0.6 is 11.3 Å². The van der Waals surface area contributed by atoms with E-state index in [0.29, 0.717) is 21.9 Å². The number of amides is 3. The number of nitrogens with zero attached hydrogens (tertiary/aromatic N) is 1. The lowest BCUT2D eigenvalue weighted by Crippen LogP contribution is -2.47. The smallest absolute Gasteiger partial charge is 0.261 e. The van der Waals surface area contributed by atoms with Gasteiger partial charge in [-0.05, 0) is 78.6 Å². The summed E-state index contributed by atoms with van der Waals surface area (Å²) in [5.74, 6) is -0.439. The van der Waals surface area contributed by atoms with Gasteiger partial charge in [0.15, 0.2) is 0 Å². The zero-order chi connectivity index (χ0) is 26.5. The van der Waals surface area contributed by atoms with Gasteiger partial charge in [-0.2, -0.15) is 0 Å². The standard InChI is InChI=1S/C30H29N3O4S/c1-20-9-11-22(12-10-20)28(30(36)31-18-25-7-3-15-37-25)33(24-14-13-21-5-2-6-23(21)17-24)27(34)19-32-29(35)26-8-4-16-38-26/h3-4,7-17,28H,2,5-6,18-19H2,1H3,(H,31,36)(H,32,35)/t28-/m1/s1. The van der Waals surface area contributed by atoms with Crippen molar-refractivity contribution in [3.63, 3.8) is 0 Å². The van der Waals surface area contributed by atoms with Crippen LogP contribution in [0.15, 0.2) is 82.8 Å². The maximum atomic E-state index is 13.9. The van der Waals surface area contributed by atoms with Crippen LogP contribution in [0.2, 0.25) is 0 Å². The molecule has 8 heteroatoms. The van der Waals surface area contributed by atoms with Gasteiger partial charge in [-0.3, -0.25) is 19.3 Å². The van der Waals surface area contributed by atoms with Crippen molar-refractivity contribution in [2.45, 2.75) is 38.8 Å². The number of nitrogens with one attached hydrogen (secondary N) is 2. The van der Waals surface area contributed by atoms with Crippen molar-refractivity contribution >= 4 is 34.7 Å². The number of carbonyl (C=O) groups is 3. The molecule has 0 bridgehead atoms. The fourth-order valence-electron chi connectivity index (χ4n) is 4.73. The van der Waals surface area contributed by atoms with Crippen molar-refractivity contribution in [1.82, 2.24) is 10.6 Å². The lowest BCUT2D eigenvalue weighted by Gasteiger charge is -2.32. The van der Waals surface area contributed by atoms with E-state index < -0.39 is 6.04 Å². The Bertz CT molecular complexity index is 1410. The lowest BCUT2D eigenvalue weighted by molar-refractivity contribution is -0.126. The number of rotatable bonds is 9. The second-order valence-electron chi connectivity index (χ2n) is 9.34. The topological polar surface area (TPSA) is 91.7 Å². The first-order chi connectivity index (χ1) is 18.5. The van der Waals surface area contributed by atoms with E-state index in [1.165, 1.54) is 27.4 Å². The van der Waals surface area contributed by atoms with Crippen molar-refractivity contribution in [3.05, 3.63) is 111 Å². The molecule has 5 rings (SSSR count). The highest BCUT2D eigenvalue weighted by Gasteiger charge is 2.33. The molecule has 0 spiro atoms. The molecule has 0 radical (unpaired) electrons. The Balaban J connectivity index is 1.49. The van der Waals surface area contributed by atoms with Crippen molar-refractivity contribution in [3.8, 4) is 0 Å². The van der Waals surface area contributed by atoms with Gasteiger partial charge in [-0.1, -0.05) is 42.0 Å². The van der Waals surface area contributed by atoms with E-state index in [0.717, 1.165) is 24.8 Å². The summed E-state index contributed by atoms with van der Waals surface area (Å²) >= 11 is 1.31.